The number of para-hydroxylation sites is 1. The Morgan fingerprint density at radius 1 is 1.06 bits per heavy atom. The number of amides is 5. The van der Waals surface area contributed by atoms with Gasteiger partial charge in [0.2, 0.25) is 21.8 Å². The molecule has 1 aromatic carbocycles. The van der Waals surface area contributed by atoms with Gasteiger partial charge in [-0.2, -0.15) is 0 Å². The van der Waals surface area contributed by atoms with E-state index in [1.165, 1.54) is 4.90 Å². The first-order valence-electron chi connectivity index (χ1n) is 19.0. The molecule has 4 N–H and O–H groups in total. The largest absolute Gasteiger partial charge is 0.483 e. The number of pyridine rings is 1. The molecule has 0 bridgehead atoms. The molecule has 4 heterocycles. The molecule has 5 atom stereocenters. The highest BCUT2D eigenvalue weighted by atomic mass is 32.2. The van der Waals surface area contributed by atoms with Gasteiger partial charge in [0.15, 0.2) is 0 Å². The van der Waals surface area contributed by atoms with Gasteiger partial charge in [-0.25, -0.2) is 18.2 Å². The average molecular weight is 749 g/mol. The summed E-state index contributed by atoms with van der Waals surface area (Å²) in [5.41, 5.74) is -0.352. The number of fused-ring (bicyclic) bond motifs is 5. The number of benzene rings is 1. The van der Waals surface area contributed by atoms with Crippen LogP contribution < -0.4 is 25.4 Å². The van der Waals surface area contributed by atoms with Gasteiger partial charge < -0.3 is 25.6 Å². The zero-order valence-corrected chi connectivity index (χ0v) is 32.2. The molecule has 5 aliphatic rings. The summed E-state index contributed by atoms with van der Waals surface area (Å²) in [4.78, 5) is 62.7. The Bertz CT molecular complexity index is 1990. The van der Waals surface area contributed by atoms with E-state index in [2.05, 4.69) is 20.7 Å². The molecule has 53 heavy (non-hydrogen) atoms. The summed E-state index contributed by atoms with van der Waals surface area (Å²) in [5, 5.41) is 9.74. The van der Waals surface area contributed by atoms with Gasteiger partial charge in [-0.15, -0.1) is 0 Å². The Balaban J connectivity index is 1.23. The molecule has 13 nitrogen and oxygen atoms in total. The minimum atomic E-state index is -3.97. The van der Waals surface area contributed by atoms with Crippen molar-refractivity contribution in [2.45, 2.75) is 139 Å². The minimum Gasteiger partial charge on any atom is -0.483 e. The molecule has 286 valence electrons. The van der Waals surface area contributed by atoms with Crippen molar-refractivity contribution in [3.63, 3.8) is 0 Å². The first kappa shape index (κ1) is 37.1. The molecule has 3 fully saturated rings. The maximum Gasteiger partial charge on any atom is 0.315 e. The number of sulfonamides is 1. The Hall–Kier alpha value is -4.20. The van der Waals surface area contributed by atoms with Crippen LogP contribution in [0.5, 0.6) is 5.75 Å². The lowest BCUT2D eigenvalue weighted by Crippen LogP contribution is -2.59. The lowest BCUT2D eigenvalue weighted by molar-refractivity contribution is -0.141. The van der Waals surface area contributed by atoms with Gasteiger partial charge >= 0.3 is 6.03 Å². The van der Waals surface area contributed by atoms with E-state index in [1.807, 2.05) is 64.1 Å². The summed E-state index contributed by atoms with van der Waals surface area (Å²) in [7, 11) is -3.97. The molecule has 2 saturated carbocycles. The van der Waals surface area contributed by atoms with Gasteiger partial charge in [0, 0.05) is 28.8 Å². The fourth-order valence-electron chi connectivity index (χ4n) is 8.18. The molecule has 1 spiro atoms. The monoisotopic (exact) mass is 748 g/mol. The first-order valence-corrected chi connectivity index (χ1v) is 20.5. The number of ether oxygens (including phenoxy) is 1. The number of rotatable bonds is 4. The summed E-state index contributed by atoms with van der Waals surface area (Å²) in [6, 6.07) is 5.45. The quantitative estimate of drug-likeness (QED) is 0.339. The van der Waals surface area contributed by atoms with Crippen molar-refractivity contribution < 1.29 is 32.3 Å². The molecule has 1 aromatic heterocycles. The van der Waals surface area contributed by atoms with Gasteiger partial charge in [0.1, 0.15) is 29.0 Å². The van der Waals surface area contributed by atoms with Crippen molar-refractivity contribution in [1.29, 1.82) is 0 Å². The van der Waals surface area contributed by atoms with Crippen LogP contribution in [0.15, 0.2) is 36.4 Å². The Kier molecular flexibility index (Phi) is 9.30. The van der Waals surface area contributed by atoms with Crippen molar-refractivity contribution in [2.24, 2.45) is 5.92 Å². The summed E-state index contributed by atoms with van der Waals surface area (Å²) in [6.07, 6.45) is 9.71. The third kappa shape index (κ3) is 7.23. The highest BCUT2D eigenvalue weighted by molar-refractivity contribution is 7.91. The highest BCUT2D eigenvalue weighted by Gasteiger charge is 2.64. The third-order valence-electron chi connectivity index (χ3n) is 11.7. The molecule has 0 unspecified atom stereocenters. The number of nitrogens with zero attached hydrogens (tertiary/aromatic N) is 2. The number of carbonyl (C=O) groups is 4. The predicted octanol–water partition coefficient (Wildman–Crippen LogP) is 4.07. The smallest absolute Gasteiger partial charge is 0.315 e. The number of nitrogens with one attached hydrogen (secondary N) is 4. The van der Waals surface area contributed by atoms with Gasteiger partial charge in [0.05, 0.1) is 22.5 Å². The van der Waals surface area contributed by atoms with E-state index in [4.69, 9.17) is 9.72 Å². The second kappa shape index (κ2) is 13.3. The van der Waals surface area contributed by atoms with Crippen LogP contribution in [0.2, 0.25) is 0 Å². The van der Waals surface area contributed by atoms with Crippen LogP contribution in [-0.2, 0) is 30.8 Å². The molecule has 2 aromatic rings. The Morgan fingerprint density at radius 3 is 2.55 bits per heavy atom. The van der Waals surface area contributed by atoms with Crippen LogP contribution in [0, 0.1) is 12.8 Å². The second-order valence-electron chi connectivity index (χ2n) is 17.1. The van der Waals surface area contributed by atoms with E-state index in [1.54, 1.807) is 6.92 Å². The molecule has 2 aliphatic carbocycles. The van der Waals surface area contributed by atoms with Gasteiger partial charge in [0.25, 0.3) is 5.91 Å². The van der Waals surface area contributed by atoms with Crippen molar-refractivity contribution in [3.8, 4) is 5.75 Å². The summed E-state index contributed by atoms with van der Waals surface area (Å²) in [5.74, 6) is -1.50. The summed E-state index contributed by atoms with van der Waals surface area (Å²) in [6.45, 7) is 9.15. The Morgan fingerprint density at radius 2 is 1.81 bits per heavy atom. The minimum absolute atomic E-state index is 0.0873. The van der Waals surface area contributed by atoms with Crippen LogP contribution >= 0.6 is 0 Å². The maximum atomic E-state index is 14.7. The topological polar surface area (TPSA) is 176 Å². The lowest BCUT2D eigenvalue weighted by Gasteiger charge is -2.36. The van der Waals surface area contributed by atoms with Gasteiger partial charge in [-0.05, 0) is 92.1 Å². The fourth-order valence-corrected chi connectivity index (χ4v) is 9.49. The average Bonchev–Trinajstić information content (AvgIpc) is 3.97. The van der Waals surface area contributed by atoms with Crippen molar-refractivity contribution in [1.82, 2.24) is 30.6 Å². The maximum absolute atomic E-state index is 14.7. The highest BCUT2D eigenvalue weighted by Crippen LogP contribution is 2.49. The number of carbonyl (C=O) groups excluding carboxylic acids is 4. The Labute approximate surface area is 311 Å². The molecular weight excluding hydrogens is 697 g/mol. The lowest BCUT2D eigenvalue weighted by atomic mass is 9.87. The summed E-state index contributed by atoms with van der Waals surface area (Å²) >= 11 is 0. The number of hydrogen-bond acceptors (Lipinski definition) is 8. The second-order valence-corrected chi connectivity index (χ2v) is 19.3. The zero-order chi connectivity index (χ0) is 38.0. The van der Waals surface area contributed by atoms with E-state index in [-0.39, 0.29) is 19.4 Å². The predicted molar refractivity (Wildman–Crippen MR) is 199 cm³/mol. The SMILES string of the molecule is Cc1nc2ccccc2c2c1O[C@@]1(CC2)C[C@H]2C(=O)N[C@]3(C(=O)NS(=O)(=O)C4(C)CC4)C[C@H]3C=CCCCCC[C@H](NC(=O)NC(C)(C)C)C(=O)N2C1. The van der Waals surface area contributed by atoms with Crippen molar-refractivity contribution in [3.05, 3.63) is 47.7 Å². The standard InChI is InChI=1S/C39H52N6O7S/c1-24-31-27(26-14-11-12-15-28(26)40-24)17-18-38(52-31)22-30-32(46)42-39(34(48)44-53(50,51)37(5)19-20-37)21-25(39)13-9-7-6-8-10-16-29(33(47)45(30)23-38)41-35(49)43-36(2,3)4/h9,11-15,25,29-30H,6-8,10,16-23H2,1-5H3,(H,42,46)(H,44,48)(H2,41,43,49)/t25-,29+,30+,38+,39-/m1/s1. The molecule has 5 amide bonds. The number of aryl methyl sites for hydroxylation is 2. The van der Waals surface area contributed by atoms with Crippen molar-refractivity contribution in [2.75, 3.05) is 6.54 Å². The van der Waals surface area contributed by atoms with Crippen LogP contribution in [0.4, 0.5) is 4.79 Å². The van der Waals surface area contributed by atoms with Crippen molar-refractivity contribution >= 4 is 44.7 Å². The fraction of sp³-hybridized carbons (Fsp3) is 0.615. The molecular formula is C39H52N6O7S. The normalized spacial score (nSPS) is 29.8. The van der Waals surface area contributed by atoms with Crippen LogP contribution in [0.1, 0.15) is 103 Å². The van der Waals surface area contributed by atoms with E-state index < -0.39 is 73.2 Å². The van der Waals surface area contributed by atoms with Gasteiger partial charge in [-0.3, -0.25) is 19.1 Å². The molecule has 3 aliphatic heterocycles. The first-order chi connectivity index (χ1) is 24.9. The number of allylic oxidation sites excluding steroid dienone is 1. The van der Waals surface area contributed by atoms with E-state index in [0.717, 1.165) is 29.3 Å². The number of hydrogen-bond donors (Lipinski definition) is 4. The van der Waals surface area contributed by atoms with E-state index in [0.29, 0.717) is 56.4 Å². The third-order valence-corrected chi connectivity index (χ3v) is 13.8. The van der Waals surface area contributed by atoms with E-state index >= 15 is 0 Å². The number of urea groups is 1. The van der Waals surface area contributed by atoms with Crippen LogP contribution in [-0.4, -0.2) is 82.1 Å². The van der Waals surface area contributed by atoms with Gasteiger partial charge in [-0.1, -0.05) is 43.2 Å². The van der Waals surface area contributed by atoms with Crippen LogP contribution in [0.3, 0.4) is 0 Å². The molecule has 7 rings (SSSR count). The molecule has 1 saturated heterocycles. The summed E-state index contributed by atoms with van der Waals surface area (Å²) < 4.78 is 34.5. The number of aromatic nitrogens is 1. The molecule has 14 heteroatoms. The molecule has 0 radical (unpaired) electrons. The van der Waals surface area contributed by atoms with E-state index in [9.17, 15) is 27.6 Å². The zero-order valence-electron chi connectivity index (χ0n) is 31.3. The van der Waals surface area contributed by atoms with Crippen LogP contribution in [0.25, 0.3) is 10.9 Å².